The Morgan fingerprint density at radius 2 is 2.11 bits per heavy atom. The summed E-state index contributed by atoms with van der Waals surface area (Å²) in [5, 5.41) is 9.03. The van der Waals surface area contributed by atoms with Gasteiger partial charge in [-0.2, -0.15) is 0 Å². The van der Waals surface area contributed by atoms with Crippen LogP contribution in [0.25, 0.3) is 0 Å². The topological polar surface area (TPSA) is 63.6 Å². The molecule has 1 N–H and O–H groups in total. The largest absolute Gasteiger partial charge is 0.497 e. The maximum atomic E-state index is 12.1. The Labute approximate surface area is 117 Å². The van der Waals surface area contributed by atoms with Gasteiger partial charge in [0.1, 0.15) is 10.5 Å². The van der Waals surface area contributed by atoms with E-state index < -0.39 is 21.5 Å². The Balaban J connectivity index is 2.98. The van der Waals surface area contributed by atoms with Gasteiger partial charge in [-0.25, -0.2) is 0 Å². The molecule has 0 heterocycles. The van der Waals surface area contributed by atoms with Crippen molar-refractivity contribution in [1.82, 2.24) is 0 Å². The Morgan fingerprint density at radius 3 is 2.61 bits per heavy atom. The maximum absolute atomic E-state index is 12.1. The van der Waals surface area contributed by atoms with Crippen LogP contribution in [0.1, 0.15) is 19.4 Å². The molecule has 4 nitrogen and oxygen atoms in total. The van der Waals surface area contributed by atoms with E-state index in [9.17, 15) is 9.00 Å². The fourth-order valence-corrected chi connectivity index (χ4v) is 2.86. The van der Waals surface area contributed by atoms with Gasteiger partial charge in [0.2, 0.25) is 0 Å². The Hall–Kier alpha value is -0.880. The molecule has 1 rings (SSSR count). The molecule has 0 aliphatic carbocycles. The summed E-state index contributed by atoms with van der Waals surface area (Å²) in [7, 11) is 0.0297. The highest BCUT2D eigenvalue weighted by Gasteiger charge is 2.34. The number of methoxy groups -OCH3 is 1. The standard InChI is InChI=1S/C12H15BrO4S/c1-12(2,11(14)15)18(16)7-8-6-9(17-3)4-5-10(8)13/h4-6H,7H2,1-3H3,(H,14,15). The van der Waals surface area contributed by atoms with Gasteiger partial charge in [-0.15, -0.1) is 0 Å². The summed E-state index contributed by atoms with van der Waals surface area (Å²) in [5.41, 5.74) is 0.766. The predicted octanol–water partition coefficient (Wildman–Crippen LogP) is 2.57. The van der Waals surface area contributed by atoms with Gasteiger partial charge in [-0.05, 0) is 37.6 Å². The smallest absolute Gasteiger partial charge is 0.321 e. The lowest BCUT2D eigenvalue weighted by Crippen LogP contribution is -2.37. The number of rotatable bonds is 5. The zero-order chi connectivity index (χ0) is 13.9. The van der Waals surface area contributed by atoms with E-state index in [1.165, 1.54) is 13.8 Å². The van der Waals surface area contributed by atoms with Gasteiger partial charge < -0.3 is 9.84 Å². The van der Waals surface area contributed by atoms with E-state index in [0.717, 1.165) is 10.0 Å². The summed E-state index contributed by atoms with van der Waals surface area (Å²) in [4.78, 5) is 11.0. The number of carboxylic acid groups (broad SMARTS) is 1. The van der Waals surface area contributed by atoms with Crippen molar-refractivity contribution in [2.75, 3.05) is 7.11 Å². The third-order valence-electron chi connectivity index (χ3n) is 2.62. The zero-order valence-corrected chi connectivity index (χ0v) is 12.8. The molecule has 0 spiro atoms. The Kier molecular flexibility index (Phi) is 4.92. The van der Waals surface area contributed by atoms with Crippen LogP contribution >= 0.6 is 15.9 Å². The lowest BCUT2D eigenvalue weighted by Gasteiger charge is -2.19. The summed E-state index contributed by atoms with van der Waals surface area (Å²) in [6.07, 6.45) is 0. The second-order valence-corrected chi connectivity index (χ2v) is 7.12. The normalized spacial score (nSPS) is 13.1. The van der Waals surface area contributed by atoms with E-state index in [-0.39, 0.29) is 5.75 Å². The first-order chi connectivity index (χ1) is 8.28. The Bertz CT molecular complexity index is 485. The molecule has 100 valence electrons. The van der Waals surface area contributed by atoms with Crippen molar-refractivity contribution < 1.29 is 18.8 Å². The molecule has 1 aromatic carbocycles. The summed E-state index contributed by atoms with van der Waals surface area (Å²) >= 11 is 3.35. The van der Waals surface area contributed by atoms with Gasteiger partial charge in [0.25, 0.3) is 0 Å². The van der Waals surface area contributed by atoms with Crippen LogP contribution in [0.5, 0.6) is 5.75 Å². The van der Waals surface area contributed by atoms with E-state index in [4.69, 9.17) is 9.84 Å². The molecule has 1 atom stereocenters. The number of carboxylic acids is 1. The second-order valence-electron chi connectivity index (χ2n) is 4.26. The average Bonchev–Trinajstić information content (AvgIpc) is 2.31. The molecule has 1 aromatic rings. The highest BCUT2D eigenvalue weighted by Crippen LogP contribution is 2.26. The molecule has 1 unspecified atom stereocenters. The number of carbonyl (C=O) groups is 1. The monoisotopic (exact) mass is 334 g/mol. The van der Waals surface area contributed by atoms with Crippen LogP contribution < -0.4 is 4.74 Å². The Morgan fingerprint density at radius 1 is 1.50 bits per heavy atom. The van der Waals surface area contributed by atoms with Gasteiger partial charge in [-0.3, -0.25) is 9.00 Å². The SMILES string of the molecule is COc1ccc(Br)c(CS(=O)C(C)(C)C(=O)O)c1. The van der Waals surface area contributed by atoms with Crippen LogP contribution in [0.4, 0.5) is 0 Å². The van der Waals surface area contributed by atoms with Crippen molar-refractivity contribution in [1.29, 1.82) is 0 Å². The van der Waals surface area contributed by atoms with Crippen LogP contribution in [-0.2, 0) is 21.3 Å². The summed E-state index contributed by atoms with van der Waals surface area (Å²) < 4.78 is 16.7. The maximum Gasteiger partial charge on any atom is 0.321 e. The lowest BCUT2D eigenvalue weighted by atomic mass is 10.2. The minimum absolute atomic E-state index is 0.164. The fourth-order valence-electron chi connectivity index (χ4n) is 1.21. The first-order valence-corrected chi connectivity index (χ1v) is 7.34. The van der Waals surface area contributed by atoms with Crippen LogP contribution in [0.15, 0.2) is 22.7 Å². The molecule has 0 aliphatic heterocycles. The van der Waals surface area contributed by atoms with Gasteiger partial charge in [-0.1, -0.05) is 15.9 Å². The third kappa shape index (κ3) is 3.32. The van der Waals surface area contributed by atoms with Gasteiger partial charge >= 0.3 is 5.97 Å². The third-order valence-corrected chi connectivity index (χ3v) is 5.28. The first kappa shape index (κ1) is 15.2. The van der Waals surface area contributed by atoms with Crippen molar-refractivity contribution in [3.63, 3.8) is 0 Å². The van der Waals surface area contributed by atoms with E-state index >= 15 is 0 Å². The molecule has 0 aliphatic rings. The van der Waals surface area contributed by atoms with Crippen LogP contribution in [-0.4, -0.2) is 27.1 Å². The van der Waals surface area contributed by atoms with Crippen LogP contribution in [0, 0.1) is 0 Å². The van der Waals surface area contributed by atoms with Gasteiger partial charge in [0.05, 0.1) is 12.9 Å². The van der Waals surface area contributed by atoms with Crippen LogP contribution in [0.2, 0.25) is 0 Å². The molecule has 0 bridgehead atoms. The number of aliphatic carboxylic acids is 1. The van der Waals surface area contributed by atoms with E-state index in [1.807, 2.05) is 0 Å². The number of benzene rings is 1. The molecule has 0 amide bonds. The van der Waals surface area contributed by atoms with E-state index in [0.29, 0.717) is 5.75 Å². The average molecular weight is 335 g/mol. The van der Waals surface area contributed by atoms with Crippen molar-refractivity contribution >= 4 is 32.7 Å². The van der Waals surface area contributed by atoms with Crippen LogP contribution in [0.3, 0.4) is 0 Å². The van der Waals surface area contributed by atoms with Gasteiger partial charge in [0, 0.05) is 15.3 Å². The van der Waals surface area contributed by atoms with Crippen molar-refractivity contribution in [3.05, 3.63) is 28.2 Å². The summed E-state index contributed by atoms with van der Waals surface area (Å²) in [6.45, 7) is 2.92. The number of halogens is 1. The molecular formula is C12H15BrO4S. The van der Waals surface area contributed by atoms with Crippen molar-refractivity contribution in [3.8, 4) is 5.75 Å². The quantitative estimate of drug-likeness (QED) is 0.898. The molecule has 0 aromatic heterocycles. The minimum atomic E-state index is -1.52. The predicted molar refractivity (Wildman–Crippen MR) is 74.3 cm³/mol. The first-order valence-electron chi connectivity index (χ1n) is 5.23. The molecule has 6 heteroatoms. The number of hydrogen-bond acceptors (Lipinski definition) is 3. The van der Waals surface area contributed by atoms with Crippen molar-refractivity contribution in [2.24, 2.45) is 0 Å². The fraction of sp³-hybridized carbons (Fsp3) is 0.417. The highest BCUT2D eigenvalue weighted by molar-refractivity contribution is 9.10. The second kappa shape index (κ2) is 5.84. The number of hydrogen-bond donors (Lipinski definition) is 1. The lowest BCUT2D eigenvalue weighted by molar-refractivity contribution is -0.139. The van der Waals surface area contributed by atoms with Crippen molar-refractivity contribution in [2.45, 2.75) is 24.3 Å². The molecule has 0 fully saturated rings. The molecule has 0 saturated carbocycles. The minimum Gasteiger partial charge on any atom is -0.497 e. The highest BCUT2D eigenvalue weighted by atomic mass is 79.9. The number of ether oxygens (including phenoxy) is 1. The summed E-state index contributed by atoms with van der Waals surface area (Å²) in [6, 6.07) is 5.32. The van der Waals surface area contributed by atoms with Gasteiger partial charge in [0.15, 0.2) is 0 Å². The molecule has 0 radical (unpaired) electrons. The molecule has 18 heavy (non-hydrogen) atoms. The molecular weight excluding hydrogens is 320 g/mol. The zero-order valence-electron chi connectivity index (χ0n) is 10.4. The molecule has 0 saturated heterocycles. The summed E-state index contributed by atoms with van der Waals surface area (Å²) in [5.74, 6) is -0.255. The van der Waals surface area contributed by atoms with E-state index in [2.05, 4.69) is 15.9 Å². The van der Waals surface area contributed by atoms with E-state index in [1.54, 1.807) is 25.3 Å².